The Morgan fingerprint density at radius 2 is 1.71 bits per heavy atom. The Labute approximate surface area is 163 Å². The van der Waals surface area contributed by atoms with Crippen LogP contribution in [0.1, 0.15) is 21.6 Å². The molecule has 0 radical (unpaired) electrons. The zero-order valence-electron chi connectivity index (χ0n) is 16.1. The molecule has 0 aliphatic carbocycles. The molecule has 2 heterocycles. The first-order chi connectivity index (χ1) is 13.5. The molecule has 0 unspecified atom stereocenters. The molecule has 1 aromatic heterocycles. The summed E-state index contributed by atoms with van der Waals surface area (Å²) in [6.07, 6.45) is 0. The van der Waals surface area contributed by atoms with E-state index in [0.717, 1.165) is 18.7 Å². The third-order valence-electron chi connectivity index (χ3n) is 5.21. The van der Waals surface area contributed by atoms with Gasteiger partial charge in [-0.05, 0) is 55.8 Å². The summed E-state index contributed by atoms with van der Waals surface area (Å²) in [5.74, 6) is -0.349. The number of aryl methyl sites for hydroxylation is 2. The van der Waals surface area contributed by atoms with Gasteiger partial charge in [0.15, 0.2) is 0 Å². The van der Waals surface area contributed by atoms with E-state index >= 15 is 0 Å². The molecule has 3 aromatic rings. The van der Waals surface area contributed by atoms with Crippen molar-refractivity contribution in [1.82, 2.24) is 15.1 Å². The number of carbonyl (C=O) groups excluding carboxylic acids is 1. The van der Waals surface area contributed by atoms with Crippen LogP contribution in [0.15, 0.2) is 48.5 Å². The Hall–Kier alpha value is -3.15. The number of nitrogens with one attached hydrogen (secondary N) is 1. The molecular formula is C22H23FN4O. The number of amides is 1. The number of aromatic nitrogens is 2. The predicted octanol–water partition coefficient (Wildman–Crippen LogP) is 3.80. The van der Waals surface area contributed by atoms with Gasteiger partial charge in [-0.1, -0.05) is 17.7 Å². The van der Waals surface area contributed by atoms with Gasteiger partial charge in [0.05, 0.1) is 5.69 Å². The standard InChI is InChI=1S/C22H23FN4O/c1-15-3-8-21(16(2)13-15)26-9-11-27(12-10-26)22(28)20-14-19(24-25-20)17-4-6-18(23)7-5-17/h3-8,13-14H,9-12H2,1-2H3,(H,24,25). The molecule has 0 spiro atoms. The predicted molar refractivity (Wildman–Crippen MR) is 108 cm³/mol. The van der Waals surface area contributed by atoms with E-state index < -0.39 is 0 Å². The van der Waals surface area contributed by atoms with Gasteiger partial charge in [-0.2, -0.15) is 5.10 Å². The molecule has 1 aliphatic rings. The molecule has 1 aliphatic heterocycles. The van der Waals surface area contributed by atoms with Crippen molar-refractivity contribution in [2.75, 3.05) is 31.1 Å². The molecule has 1 saturated heterocycles. The normalized spacial score (nSPS) is 14.4. The highest BCUT2D eigenvalue weighted by atomic mass is 19.1. The zero-order valence-corrected chi connectivity index (χ0v) is 16.1. The SMILES string of the molecule is Cc1ccc(N2CCN(C(=O)c3cc(-c4ccc(F)cc4)n[nH]3)CC2)c(C)c1. The van der Waals surface area contributed by atoms with Gasteiger partial charge in [0.1, 0.15) is 11.5 Å². The third-order valence-corrected chi connectivity index (χ3v) is 5.21. The summed E-state index contributed by atoms with van der Waals surface area (Å²) in [7, 11) is 0. The summed E-state index contributed by atoms with van der Waals surface area (Å²) in [6.45, 7) is 7.15. The molecule has 1 N–H and O–H groups in total. The van der Waals surface area contributed by atoms with Gasteiger partial charge in [0.2, 0.25) is 0 Å². The lowest BCUT2D eigenvalue weighted by molar-refractivity contribution is 0.0741. The van der Waals surface area contributed by atoms with Crippen molar-refractivity contribution in [3.63, 3.8) is 0 Å². The molecule has 5 nitrogen and oxygen atoms in total. The summed E-state index contributed by atoms with van der Waals surface area (Å²) in [6, 6.07) is 14.3. The van der Waals surface area contributed by atoms with Crippen molar-refractivity contribution in [2.45, 2.75) is 13.8 Å². The Balaban J connectivity index is 1.42. The maximum atomic E-state index is 13.1. The molecule has 2 aromatic carbocycles. The Morgan fingerprint density at radius 3 is 2.39 bits per heavy atom. The molecule has 144 valence electrons. The summed E-state index contributed by atoms with van der Waals surface area (Å²) in [4.78, 5) is 17.0. The van der Waals surface area contributed by atoms with E-state index in [1.807, 2.05) is 4.90 Å². The molecule has 0 atom stereocenters. The number of H-pyrrole nitrogens is 1. The number of rotatable bonds is 3. The van der Waals surface area contributed by atoms with Gasteiger partial charge >= 0.3 is 0 Å². The molecule has 1 amide bonds. The average Bonchev–Trinajstić information content (AvgIpc) is 3.18. The molecule has 6 heteroatoms. The minimum Gasteiger partial charge on any atom is -0.368 e. The monoisotopic (exact) mass is 378 g/mol. The van der Waals surface area contributed by atoms with Crippen LogP contribution in [0.5, 0.6) is 0 Å². The van der Waals surface area contributed by atoms with E-state index in [1.165, 1.54) is 28.9 Å². The Morgan fingerprint density at radius 1 is 1.00 bits per heavy atom. The Kier molecular flexibility index (Phi) is 4.86. The first-order valence-corrected chi connectivity index (χ1v) is 9.44. The lowest BCUT2D eigenvalue weighted by Gasteiger charge is -2.36. The minimum atomic E-state index is -0.294. The number of nitrogens with zero attached hydrogens (tertiary/aromatic N) is 3. The van der Waals surface area contributed by atoms with Crippen LogP contribution >= 0.6 is 0 Å². The second-order valence-corrected chi connectivity index (χ2v) is 7.24. The fourth-order valence-electron chi connectivity index (χ4n) is 3.68. The van der Waals surface area contributed by atoms with Crippen LogP contribution in [-0.2, 0) is 0 Å². The van der Waals surface area contributed by atoms with Crippen LogP contribution in [0.25, 0.3) is 11.3 Å². The highest BCUT2D eigenvalue weighted by molar-refractivity contribution is 5.93. The van der Waals surface area contributed by atoms with Crippen LogP contribution in [0.2, 0.25) is 0 Å². The van der Waals surface area contributed by atoms with Crippen molar-refractivity contribution in [2.24, 2.45) is 0 Å². The lowest BCUT2D eigenvalue weighted by Crippen LogP contribution is -2.49. The number of aromatic amines is 1. The van der Waals surface area contributed by atoms with Crippen LogP contribution in [0, 0.1) is 19.7 Å². The van der Waals surface area contributed by atoms with Crippen molar-refractivity contribution in [3.05, 3.63) is 71.2 Å². The maximum Gasteiger partial charge on any atom is 0.272 e. The van der Waals surface area contributed by atoms with Crippen molar-refractivity contribution >= 4 is 11.6 Å². The van der Waals surface area contributed by atoms with E-state index in [-0.39, 0.29) is 11.7 Å². The fraction of sp³-hybridized carbons (Fsp3) is 0.273. The van der Waals surface area contributed by atoms with Crippen LogP contribution in [0.3, 0.4) is 0 Å². The number of hydrogen-bond acceptors (Lipinski definition) is 3. The maximum absolute atomic E-state index is 13.1. The van der Waals surface area contributed by atoms with Crippen LogP contribution < -0.4 is 4.90 Å². The van der Waals surface area contributed by atoms with Gasteiger partial charge in [0, 0.05) is 37.4 Å². The largest absolute Gasteiger partial charge is 0.368 e. The van der Waals surface area contributed by atoms with E-state index in [1.54, 1.807) is 18.2 Å². The average molecular weight is 378 g/mol. The van der Waals surface area contributed by atoms with Gasteiger partial charge in [-0.15, -0.1) is 0 Å². The fourth-order valence-corrected chi connectivity index (χ4v) is 3.68. The zero-order chi connectivity index (χ0) is 19.7. The first-order valence-electron chi connectivity index (χ1n) is 9.44. The quantitative estimate of drug-likeness (QED) is 0.754. The lowest BCUT2D eigenvalue weighted by atomic mass is 10.1. The summed E-state index contributed by atoms with van der Waals surface area (Å²) in [5, 5.41) is 7.03. The molecule has 1 fully saturated rings. The number of carbonyl (C=O) groups is 1. The topological polar surface area (TPSA) is 52.2 Å². The molecule has 28 heavy (non-hydrogen) atoms. The molecule has 4 rings (SSSR count). The van der Waals surface area contributed by atoms with Gasteiger partial charge < -0.3 is 9.80 Å². The number of anilines is 1. The minimum absolute atomic E-state index is 0.0545. The van der Waals surface area contributed by atoms with Crippen molar-refractivity contribution in [1.29, 1.82) is 0 Å². The summed E-state index contributed by atoms with van der Waals surface area (Å²) >= 11 is 0. The number of benzene rings is 2. The van der Waals surface area contributed by atoms with Gasteiger partial charge in [0.25, 0.3) is 5.91 Å². The van der Waals surface area contributed by atoms with Gasteiger partial charge in [-0.3, -0.25) is 9.89 Å². The second kappa shape index (κ2) is 7.46. The highest BCUT2D eigenvalue weighted by Gasteiger charge is 2.24. The van der Waals surface area contributed by atoms with Crippen molar-refractivity contribution in [3.8, 4) is 11.3 Å². The number of piperazine rings is 1. The van der Waals surface area contributed by atoms with E-state index in [0.29, 0.717) is 24.5 Å². The van der Waals surface area contributed by atoms with Crippen molar-refractivity contribution < 1.29 is 9.18 Å². The highest BCUT2D eigenvalue weighted by Crippen LogP contribution is 2.23. The number of hydrogen-bond donors (Lipinski definition) is 1. The Bertz CT molecular complexity index is 988. The van der Waals surface area contributed by atoms with E-state index in [4.69, 9.17) is 0 Å². The first kappa shape index (κ1) is 18.2. The van der Waals surface area contributed by atoms with Crippen LogP contribution in [0.4, 0.5) is 10.1 Å². The summed E-state index contributed by atoms with van der Waals surface area (Å²) < 4.78 is 13.1. The summed E-state index contributed by atoms with van der Waals surface area (Å²) in [5.41, 5.74) is 5.62. The molecule has 0 bridgehead atoms. The smallest absolute Gasteiger partial charge is 0.272 e. The van der Waals surface area contributed by atoms with Crippen LogP contribution in [-0.4, -0.2) is 47.2 Å². The van der Waals surface area contributed by atoms with E-state index in [9.17, 15) is 9.18 Å². The van der Waals surface area contributed by atoms with E-state index in [2.05, 4.69) is 47.1 Å². The number of halogens is 1. The second-order valence-electron chi connectivity index (χ2n) is 7.24. The molecular weight excluding hydrogens is 355 g/mol. The van der Waals surface area contributed by atoms with Gasteiger partial charge in [-0.25, -0.2) is 4.39 Å². The molecule has 0 saturated carbocycles. The third kappa shape index (κ3) is 3.63.